The molecule has 0 spiro atoms. The summed E-state index contributed by atoms with van der Waals surface area (Å²) in [5, 5.41) is 0.289. The van der Waals surface area contributed by atoms with Gasteiger partial charge in [-0.1, -0.05) is 31.4 Å². The summed E-state index contributed by atoms with van der Waals surface area (Å²) in [5.74, 6) is -0.882. The average Bonchev–Trinajstić information content (AvgIpc) is 3.38. The number of hydrogen-bond donors (Lipinski definition) is 1. The van der Waals surface area contributed by atoms with Crippen molar-refractivity contribution in [1.29, 1.82) is 0 Å². The topological polar surface area (TPSA) is 86.8 Å². The molecule has 0 radical (unpaired) electrons. The normalized spacial score (nSPS) is 29.0. The van der Waals surface area contributed by atoms with Gasteiger partial charge in [-0.05, 0) is 41.4 Å². The van der Waals surface area contributed by atoms with Crippen molar-refractivity contribution in [2.24, 2.45) is 16.6 Å². The van der Waals surface area contributed by atoms with E-state index in [-0.39, 0.29) is 16.5 Å². The number of ether oxygens (including phenoxy) is 2. The molecule has 3 unspecified atom stereocenters. The molecule has 4 atom stereocenters. The number of aromatic nitrogens is 1. The van der Waals surface area contributed by atoms with Gasteiger partial charge >= 0.3 is 6.09 Å². The second-order valence-corrected chi connectivity index (χ2v) is 17.1. The first-order valence-corrected chi connectivity index (χ1v) is 15.0. The van der Waals surface area contributed by atoms with E-state index >= 15 is 0 Å². The Labute approximate surface area is 188 Å². The number of rotatable bonds is 8. The fourth-order valence-corrected chi connectivity index (χ4v) is 6.28. The van der Waals surface area contributed by atoms with Crippen molar-refractivity contribution in [2.75, 3.05) is 13.3 Å². The quantitative estimate of drug-likeness (QED) is 0.300. The van der Waals surface area contributed by atoms with Gasteiger partial charge in [0.15, 0.2) is 0 Å². The van der Waals surface area contributed by atoms with Gasteiger partial charge in [-0.2, -0.15) is 4.39 Å². The molecule has 1 aromatic rings. The molecule has 0 bridgehead atoms. The Kier molecular flexibility index (Phi) is 6.67. The van der Waals surface area contributed by atoms with Crippen molar-refractivity contribution in [1.82, 2.24) is 4.98 Å². The zero-order valence-corrected chi connectivity index (χ0v) is 20.8. The summed E-state index contributed by atoms with van der Waals surface area (Å²) < 4.78 is 39.6. The summed E-state index contributed by atoms with van der Waals surface area (Å²) in [6.07, 6.45) is -0.295. The molecule has 1 saturated carbocycles. The number of thioether (sulfide) groups is 1. The molecule has 166 valence electrons. The lowest BCUT2D eigenvalue weighted by atomic mass is 9.87. The summed E-state index contributed by atoms with van der Waals surface area (Å²) in [6, 6.07) is 2.44. The molecule has 2 aliphatic rings. The SMILES string of the molecule is C[C@]1(c2cc(Br)cnc2F)N=C(C(OCC[Si](C)(C)C)OC(N)=O)SC2(CF)CC21. The monoisotopic (exact) mass is 521 g/mol. The van der Waals surface area contributed by atoms with Crippen LogP contribution >= 0.6 is 27.7 Å². The second kappa shape index (κ2) is 8.48. The minimum absolute atomic E-state index is 0.217. The van der Waals surface area contributed by atoms with Gasteiger partial charge in [-0.3, -0.25) is 4.99 Å². The predicted molar refractivity (Wildman–Crippen MR) is 120 cm³/mol. The van der Waals surface area contributed by atoms with Crippen molar-refractivity contribution >= 4 is 46.9 Å². The molecule has 30 heavy (non-hydrogen) atoms. The highest BCUT2D eigenvalue weighted by Crippen LogP contribution is 2.66. The van der Waals surface area contributed by atoms with Crippen molar-refractivity contribution < 1.29 is 23.0 Å². The van der Waals surface area contributed by atoms with Gasteiger partial charge in [-0.15, -0.1) is 0 Å². The van der Waals surface area contributed by atoms with Crippen LogP contribution in [-0.2, 0) is 15.0 Å². The number of hydrogen-bond acceptors (Lipinski definition) is 6. The summed E-state index contributed by atoms with van der Waals surface area (Å²) in [7, 11) is -1.40. The highest BCUT2D eigenvalue weighted by Gasteiger charge is 2.67. The number of nitrogens with zero attached hydrogens (tertiary/aromatic N) is 2. The number of pyridine rings is 1. The molecule has 1 aliphatic carbocycles. The number of primary amides is 1. The summed E-state index contributed by atoms with van der Waals surface area (Å²) >= 11 is 4.51. The highest BCUT2D eigenvalue weighted by molar-refractivity contribution is 9.10. The first-order valence-electron chi connectivity index (χ1n) is 9.64. The first-order chi connectivity index (χ1) is 13.9. The van der Waals surface area contributed by atoms with Crippen LogP contribution in [-0.4, -0.2) is 48.5 Å². The Bertz CT molecular complexity index is 872. The fourth-order valence-electron chi connectivity index (χ4n) is 3.68. The smallest absolute Gasteiger partial charge is 0.407 e. The zero-order chi connectivity index (χ0) is 22.3. The van der Waals surface area contributed by atoms with Gasteiger partial charge in [0.1, 0.15) is 11.7 Å². The van der Waals surface area contributed by atoms with E-state index in [0.717, 1.165) is 6.04 Å². The molecule has 1 fully saturated rings. The zero-order valence-electron chi connectivity index (χ0n) is 17.4. The Morgan fingerprint density at radius 2 is 2.20 bits per heavy atom. The Morgan fingerprint density at radius 3 is 2.80 bits per heavy atom. The van der Waals surface area contributed by atoms with Gasteiger partial charge in [0.25, 0.3) is 6.29 Å². The molecule has 6 nitrogen and oxygen atoms in total. The fraction of sp³-hybridized carbons (Fsp3) is 0.632. The van der Waals surface area contributed by atoms with Crippen LogP contribution in [0.25, 0.3) is 0 Å². The van der Waals surface area contributed by atoms with Crippen LogP contribution in [0.5, 0.6) is 0 Å². The first kappa shape index (κ1) is 23.6. The number of amides is 1. The molecule has 0 saturated heterocycles. The maximum Gasteiger partial charge on any atom is 0.407 e. The van der Waals surface area contributed by atoms with Crippen LogP contribution in [0.3, 0.4) is 0 Å². The number of alkyl halides is 1. The Hall–Kier alpha value is -1.04. The van der Waals surface area contributed by atoms with Gasteiger partial charge in [-0.25, -0.2) is 14.2 Å². The Balaban J connectivity index is 1.98. The van der Waals surface area contributed by atoms with Crippen LogP contribution in [0.1, 0.15) is 18.9 Å². The van der Waals surface area contributed by atoms with Crippen molar-refractivity contribution in [3.63, 3.8) is 0 Å². The van der Waals surface area contributed by atoms with Crippen LogP contribution in [0.15, 0.2) is 21.7 Å². The van der Waals surface area contributed by atoms with Crippen LogP contribution in [0.4, 0.5) is 13.6 Å². The standard InChI is InChI=1S/C19H26BrF2N3O3SSi/c1-18(12-7-11(20)9-24-14(12)22)13-8-19(13,10-21)29-15(25-18)16(28-17(23)26)27-5-6-30(2,3)4/h7,9,13,16H,5-6,8,10H2,1-4H3,(H2,23,26)/t13?,16?,18-,19?/m1/s1. The minimum atomic E-state index is -1.40. The van der Waals surface area contributed by atoms with Crippen LogP contribution in [0, 0.1) is 11.9 Å². The molecule has 1 aliphatic heterocycles. The van der Waals surface area contributed by atoms with E-state index in [4.69, 9.17) is 20.2 Å². The van der Waals surface area contributed by atoms with E-state index < -0.39 is 43.4 Å². The summed E-state index contributed by atoms with van der Waals surface area (Å²) in [6.45, 7) is 8.08. The van der Waals surface area contributed by atoms with E-state index in [1.54, 1.807) is 13.0 Å². The third kappa shape index (κ3) is 4.89. The molecule has 3 rings (SSSR count). The van der Waals surface area contributed by atoms with Crippen molar-refractivity contribution in [3.8, 4) is 0 Å². The lowest BCUT2D eigenvalue weighted by molar-refractivity contribution is -0.0496. The lowest BCUT2D eigenvalue weighted by Gasteiger charge is -2.35. The van der Waals surface area contributed by atoms with E-state index in [9.17, 15) is 13.6 Å². The third-order valence-corrected chi connectivity index (χ3v) is 9.07. The number of carbonyl (C=O) groups excluding carboxylic acids is 1. The van der Waals surface area contributed by atoms with Gasteiger partial charge < -0.3 is 15.2 Å². The van der Waals surface area contributed by atoms with Crippen molar-refractivity contribution in [3.05, 3.63) is 28.2 Å². The molecule has 2 heterocycles. The number of carbonyl (C=O) groups is 1. The van der Waals surface area contributed by atoms with Gasteiger partial charge in [0.2, 0.25) is 5.95 Å². The molecule has 0 aromatic carbocycles. The van der Waals surface area contributed by atoms with Crippen LogP contribution in [0.2, 0.25) is 25.7 Å². The predicted octanol–water partition coefficient (Wildman–Crippen LogP) is 4.85. The number of halogens is 3. The molecule has 2 N–H and O–H groups in total. The number of aliphatic imine (C=N–C) groups is 1. The molecule has 1 aromatic heterocycles. The molecular weight excluding hydrogens is 496 g/mol. The lowest BCUT2D eigenvalue weighted by Crippen LogP contribution is -2.41. The van der Waals surface area contributed by atoms with E-state index in [1.165, 1.54) is 18.0 Å². The number of fused-ring (bicyclic) bond motifs is 1. The summed E-state index contributed by atoms with van der Waals surface area (Å²) in [5.41, 5.74) is 4.43. The third-order valence-electron chi connectivity index (χ3n) is 5.48. The molecule has 11 heteroatoms. The maximum atomic E-state index is 14.7. The van der Waals surface area contributed by atoms with Crippen LogP contribution < -0.4 is 5.73 Å². The van der Waals surface area contributed by atoms with Gasteiger partial charge in [0.05, 0.1) is 10.3 Å². The average molecular weight is 522 g/mol. The maximum absolute atomic E-state index is 14.7. The van der Waals surface area contributed by atoms with E-state index in [0.29, 0.717) is 17.5 Å². The van der Waals surface area contributed by atoms with E-state index in [1.807, 2.05) is 0 Å². The second-order valence-electron chi connectivity index (χ2n) is 9.10. The number of nitrogens with two attached hydrogens (primary N) is 1. The molecular formula is C19H26BrF2N3O3SSi. The minimum Gasteiger partial charge on any atom is -0.413 e. The summed E-state index contributed by atoms with van der Waals surface area (Å²) in [4.78, 5) is 20.0. The van der Waals surface area contributed by atoms with E-state index in [2.05, 4.69) is 40.6 Å². The molecule has 1 amide bonds. The largest absolute Gasteiger partial charge is 0.413 e. The highest BCUT2D eigenvalue weighted by atomic mass is 79.9. The Morgan fingerprint density at radius 1 is 1.50 bits per heavy atom. The van der Waals surface area contributed by atoms with Gasteiger partial charge in [0, 0.05) is 36.8 Å². The van der Waals surface area contributed by atoms with Crippen molar-refractivity contribution in [2.45, 2.75) is 55.6 Å².